The van der Waals surface area contributed by atoms with Crippen LogP contribution in [0.2, 0.25) is 0 Å². The van der Waals surface area contributed by atoms with Crippen LogP contribution in [-0.4, -0.2) is 6.04 Å². The van der Waals surface area contributed by atoms with Crippen molar-refractivity contribution < 1.29 is 0 Å². The van der Waals surface area contributed by atoms with E-state index in [1.165, 1.54) is 36.8 Å². The predicted octanol–water partition coefficient (Wildman–Crippen LogP) is 3.45. The second-order valence-corrected chi connectivity index (χ2v) is 5.32. The van der Waals surface area contributed by atoms with Crippen LogP contribution in [0.3, 0.4) is 0 Å². The molecule has 16 heavy (non-hydrogen) atoms. The van der Waals surface area contributed by atoms with Crippen molar-refractivity contribution in [1.82, 2.24) is 0 Å². The maximum Gasteiger partial charge on any atom is 0.00446 e. The topological polar surface area (TPSA) is 26.0 Å². The zero-order valence-corrected chi connectivity index (χ0v) is 10.3. The van der Waals surface area contributed by atoms with E-state index in [2.05, 4.69) is 31.2 Å². The van der Waals surface area contributed by atoms with Crippen LogP contribution in [0.25, 0.3) is 0 Å². The summed E-state index contributed by atoms with van der Waals surface area (Å²) in [7, 11) is 0. The zero-order chi connectivity index (χ0) is 11.4. The monoisotopic (exact) mass is 217 g/mol. The van der Waals surface area contributed by atoms with Gasteiger partial charge in [-0.2, -0.15) is 0 Å². The first-order valence-corrected chi connectivity index (χ1v) is 6.55. The Hall–Kier alpha value is -0.820. The number of hydrogen-bond acceptors (Lipinski definition) is 1. The van der Waals surface area contributed by atoms with Gasteiger partial charge in [-0.15, -0.1) is 0 Å². The summed E-state index contributed by atoms with van der Waals surface area (Å²) in [5.41, 5.74) is 8.96. The molecule has 1 atom stereocenters. The fraction of sp³-hybridized carbons (Fsp3) is 0.600. The van der Waals surface area contributed by atoms with Crippen LogP contribution in [0.4, 0.5) is 0 Å². The molecule has 1 aromatic carbocycles. The average molecular weight is 217 g/mol. The second-order valence-electron chi connectivity index (χ2n) is 5.32. The smallest absolute Gasteiger partial charge is 0.00446 e. The molecule has 0 amide bonds. The van der Waals surface area contributed by atoms with Gasteiger partial charge in [0.25, 0.3) is 0 Å². The Morgan fingerprint density at radius 1 is 1.38 bits per heavy atom. The summed E-state index contributed by atoms with van der Waals surface area (Å²) in [4.78, 5) is 0. The fourth-order valence-corrected chi connectivity index (χ4v) is 2.49. The SMILES string of the molecule is Cc1cccc(CCC(N)CC2CCC2)c1. The minimum Gasteiger partial charge on any atom is -0.328 e. The Morgan fingerprint density at radius 3 is 2.81 bits per heavy atom. The van der Waals surface area contributed by atoms with Crippen molar-refractivity contribution in [3.05, 3.63) is 35.4 Å². The van der Waals surface area contributed by atoms with Crippen LogP contribution >= 0.6 is 0 Å². The molecule has 0 saturated heterocycles. The van der Waals surface area contributed by atoms with E-state index < -0.39 is 0 Å². The highest BCUT2D eigenvalue weighted by Gasteiger charge is 2.19. The van der Waals surface area contributed by atoms with Crippen molar-refractivity contribution in [3.8, 4) is 0 Å². The molecule has 88 valence electrons. The summed E-state index contributed by atoms with van der Waals surface area (Å²) in [5.74, 6) is 0.938. The molecule has 0 aromatic heterocycles. The first-order chi connectivity index (χ1) is 7.74. The quantitative estimate of drug-likeness (QED) is 0.803. The van der Waals surface area contributed by atoms with Gasteiger partial charge < -0.3 is 5.73 Å². The standard InChI is InChI=1S/C15H23N/c1-12-4-2-5-14(10-12)8-9-15(16)11-13-6-3-7-13/h2,4-5,10,13,15H,3,6-9,11,16H2,1H3. The van der Waals surface area contributed by atoms with Crippen molar-refractivity contribution in [2.24, 2.45) is 11.7 Å². The lowest BCUT2D eigenvalue weighted by Gasteiger charge is -2.28. The number of hydrogen-bond donors (Lipinski definition) is 1. The van der Waals surface area contributed by atoms with Crippen LogP contribution in [0.5, 0.6) is 0 Å². The molecule has 1 aliphatic carbocycles. The second kappa shape index (κ2) is 5.49. The maximum atomic E-state index is 6.17. The van der Waals surface area contributed by atoms with Gasteiger partial charge in [-0.3, -0.25) is 0 Å². The van der Waals surface area contributed by atoms with Crippen LogP contribution < -0.4 is 5.73 Å². The molecule has 1 nitrogen and oxygen atoms in total. The molecule has 2 N–H and O–H groups in total. The molecule has 0 bridgehead atoms. The largest absolute Gasteiger partial charge is 0.328 e. The molecule has 1 aromatic rings. The minimum atomic E-state index is 0.408. The Kier molecular flexibility index (Phi) is 4.00. The number of benzene rings is 1. The predicted molar refractivity (Wildman–Crippen MR) is 69.4 cm³/mol. The molecule has 1 heteroatoms. The van der Waals surface area contributed by atoms with Gasteiger partial charge in [0.15, 0.2) is 0 Å². The molecule has 0 radical (unpaired) electrons. The Balaban J connectivity index is 1.73. The van der Waals surface area contributed by atoms with E-state index in [0.717, 1.165) is 18.8 Å². The lowest BCUT2D eigenvalue weighted by atomic mass is 9.80. The lowest BCUT2D eigenvalue weighted by molar-refractivity contribution is 0.272. The normalized spacial score (nSPS) is 18.1. The van der Waals surface area contributed by atoms with Crippen LogP contribution in [0, 0.1) is 12.8 Å². The van der Waals surface area contributed by atoms with E-state index in [4.69, 9.17) is 5.73 Å². The molecule has 1 unspecified atom stereocenters. The van der Waals surface area contributed by atoms with Crippen LogP contribution in [0.15, 0.2) is 24.3 Å². The lowest BCUT2D eigenvalue weighted by Crippen LogP contribution is -2.27. The Morgan fingerprint density at radius 2 is 2.19 bits per heavy atom. The summed E-state index contributed by atoms with van der Waals surface area (Å²) < 4.78 is 0. The van der Waals surface area contributed by atoms with Crippen molar-refractivity contribution in [3.63, 3.8) is 0 Å². The number of nitrogens with two attached hydrogens (primary N) is 1. The summed E-state index contributed by atoms with van der Waals surface area (Å²) >= 11 is 0. The van der Waals surface area contributed by atoms with E-state index in [9.17, 15) is 0 Å². The summed E-state index contributed by atoms with van der Waals surface area (Å²) in [6.45, 7) is 2.15. The molecular weight excluding hydrogens is 194 g/mol. The molecule has 2 rings (SSSR count). The summed E-state index contributed by atoms with van der Waals surface area (Å²) in [6.07, 6.45) is 7.77. The van der Waals surface area contributed by atoms with Crippen molar-refractivity contribution >= 4 is 0 Å². The number of aryl methyl sites for hydroxylation is 2. The first-order valence-electron chi connectivity index (χ1n) is 6.55. The molecule has 1 aliphatic rings. The van der Waals surface area contributed by atoms with Gasteiger partial charge in [0.05, 0.1) is 0 Å². The highest BCUT2D eigenvalue weighted by Crippen LogP contribution is 2.30. The van der Waals surface area contributed by atoms with Crippen LogP contribution in [0.1, 0.15) is 43.2 Å². The zero-order valence-electron chi connectivity index (χ0n) is 10.3. The summed E-state index contributed by atoms with van der Waals surface area (Å²) in [6, 6.07) is 9.18. The molecule has 0 heterocycles. The third kappa shape index (κ3) is 3.34. The Bertz CT molecular complexity index is 328. The first kappa shape index (κ1) is 11.7. The van der Waals surface area contributed by atoms with E-state index in [1.54, 1.807) is 0 Å². The molecule has 1 fully saturated rings. The highest BCUT2D eigenvalue weighted by molar-refractivity contribution is 5.22. The maximum absolute atomic E-state index is 6.17. The van der Waals surface area contributed by atoms with E-state index in [0.29, 0.717) is 6.04 Å². The van der Waals surface area contributed by atoms with Gasteiger partial charge in [-0.05, 0) is 37.7 Å². The fourth-order valence-electron chi connectivity index (χ4n) is 2.49. The Labute approximate surface area is 99.0 Å². The van der Waals surface area contributed by atoms with Gasteiger partial charge in [-0.1, -0.05) is 49.1 Å². The number of rotatable bonds is 5. The van der Waals surface area contributed by atoms with Gasteiger partial charge in [0.2, 0.25) is 0 Å². The van der Waals surface area contributed by atoms with Gasteiger partial charge in [0.1, 0.15) is 0 Å². The average Bonchev–Trinajstić information content (AvgIpc) is 2.21. The molecule has 0 aliphatic heterocycles. The van der Waals surface area contributed by atoms with E-state index >= 15 is 0 Å². The van der Waals surface area contributed by atoms with E-state index in [1.807, 2.05) is 0 Å². The molecule has 1 saturated carbocycles. The van der Waals surface area contributed by atoms with Crippen molar-refractivity contribution in [2.45, 2.75) is 51.5 Å². The summed E-state index contributed by atoms with van der Waals surface area (Å²) in [5, 5.41) is 0. The van der Waals surface area contributed by atoms with Gasteiger partial charge in [-0.25, -0.2) is 0 Å². The molecular formula is C15H23N. The van der Waals surface area contributed by atoms with Crippen molar-refractivity contribution in [1.29, 1.82) is 0 Å². The third-order valence-corrected chi connectivity index (χ3v) is 3.75. The van der Waals surface area contributed by atoms with E-state index in [-0.39, 0.29) is 0 Å². The van der Waals surface area contributed by atoms with Gasteiger partial charge in [0, 0.05) is 6.04 Å². The minimum absolute atomic E-state index is 0.408. The van der Waals surface area contributed by atoms with Crippen LogP contribution in [-0.2, 0) is 6.42 Å². The third-order valence-electron chi connectivity index (χ3n) is 3.75. The highest BCUT2D eigenvalue weighted by atomic mass is 14.6. The van der Waals surface area contributed by atoms with Gasteiger partial charge >= 0.3 is 0 Å². The van der Waals surface area contributed by atoms with Crippen molar-refractivity contribution in [2.75, 3.05) is 0 Å². The molecule has 0 spiro atoms.